The Morgan fingerprint density at radius 2 is 2.21 bits per heavy atom. The van der Waals surface area contributed by atoms with E-state index in [0.717, 1.165) is 0 Å². The Balaban J connectivity index is 2.88. The SMILES string of the molecule is O=C=Nc1ccc(O)c2ncccc12. The van der Waals surface area contributed by atoms with Gasteiger partial charge >= 0.3 is 0 Å². The fourth-order valence-corrected chi connectivity index (χ4v) is 1.29. The minimum atomic E-state index is 0.0745. The molecule has 14 heavy (non-hydrogen) atoms. The lowest BCUT2D eigenvalue weighted by atomic mass is 10.2. The van der Waals surface area contributed by atoms with Crippen LogP contribution in [0.1, 0.15) is 0 Å². The van der Waals surface area contributed by atoms with Gasteiger partial charge in [0.05, 0.1) is 5.69 Å². The van der Waals surface area contributed by atoms with Crippen LogP contribution >= 0.6 is 0 Å². The van der Waals surface area contributed by atoms with E-state index in [1.54, 1.807) is 24.4 Å². The topological polar surface area (TPSA) is 62.5 Å². The second kappa shape index (κ2) is 3.28. The second-order valence-corrected chi connectivity index (χ2v) is 2.71. The standard InChI is InChI=1S/C10H6N2O2/c13-6-12-8-3-4-9(14)10-7(8)2-1-5-11-10/h1-5,14H. The Bertz CT molecular complexity index is 531. The first-order chi connectivity index (χ1) is 6.83. The minimum Gasteiger partial charge on any atom is -0.506 e. The quantitative estimate of drug-likeness (QED) is 0.546. The molecule has 1 N–H and O–H groups in total. The maximum atomic E-state index is 10.1. The summed E-state index contributed by atoms with van der Waals surface area (Å²) in [6.45, 7) is 0. The van der Waals surface area contributed by atoms with Gasteiger partial charge in [0.1, 0.15) is 11.3 Å². The number of nitrogens with zero attached hydrogens (tertiary/aromatic N) is 2. The molecule has 0 unspecified atom stereocenters. The van der Waals surface area contributed by atoms with Gasteiger partial charge in [0.25, 0.3) is 0 Å². The molecule has 2 aromatic rings. The number of pyridine rings is 1. The first-order valence-electron chi connectivity index (χ1n) is 3.97. The van der Waals surface area contributed by atoms with Gasteiger partial charge in [-0.3, -0.25) is 4.98 Å². The molecular weight excluding hydrogens is 180 g/mol. The molecule has 0 aliphatic heterocycles. The first kappa shape index (κ1) is 8.41. The second-order valence-electron chi connectivity index (χ2n) is 2.71. The smallest absolute Gasteiger partial charge is 0.240 e. The molecule has 0 atom stereocenters. The zero-order valence-electron chi connectivity index (χ0n) is 7.14. The number of aliphatic imine (C=N–C) groups is 1. The van der Waals surface area contributed by atoms with Crippen molar-refractivity contribution in [1.29, 1.82) is 0 Å². The number of rotatable bonds is 1. The van der Waals surface area contributed by atoms with Crippen LogP contribution in [0.5, 0.6) is 5.75 Å². The Morgan fingerprint density at radius 3 is 3.00 bits per heavy atom. The molecule has 1 aromatic carbocycles. The predicted molar refractivity (Wildman–Crippen MR) is 51.2 cm³/mol. The number of aromatic nitrogens is 1. The highest BCUT2D eigenvalue weighted by Gasteiger charge is 2.04. The molecule has 1 heterocycles. The van der Waals surface area contributed by atoms with Crippen LogP contribution in [0.25, 0.3) is 10.9 Å². The van der Waals surface area contributed by atoms with E-state index in [1.165, 1.54) is 12.1 Å². The van der Waals surface area contributed by atoms with Crippen molar-refractivity contribution < 1.29 is 9.90 Å². The number of aromatic hydroxyl groups is 1. The van der Waals surface area contributed by atoms with Crippen LogP contribution in [0.3, 0.4) is 0 Å². The Kier molecular flexibility index (Phi) is 1.97. The summed E-state index contributed by atoms with van der Waals surface area (Å²) in [6.07, 6.45) is 3.03. The third-order valence-electron chi connectivity index (χ3n) is 1.89. The van der Waals surface area contributed by atoms with Crippen molar-refractivity contribution in [2.75, 3.05) is 0 Å². The Hall–Kier alpha value is -2.19. The molecule has 2 rings (SSSR count). The first-order valence-corrected chi connectivity index (χ1v) is 3.97. The molecule has 0 spiro atoms. The van der Waals surface area contributed by atoms with Gasteiger partial charge in [-0.25, -0.2) is 4.79 Å². The van der Waals surface area contributed by atoms with Crippen LogP contribution in [0, 0.1) is 0 Å². The van der Waals surface area contributed by atoms with Crippen LogP contribution in [0.2, 0.25) is 0 Å². The summed E-state index contributed by atoms with van der Waals surface area (Å²) < 4.78 is 0. The number of hydrogen-bond donors (Lipinski definition) is 1. The number of fused-ring (bicyclic) bond motifs is 1. The van der Waals surface area contributed by atoms with E-state index in [1.807, 2.05) is 0 Å². The van der Waals surface area contributed by atoms with Crippen LogP contribution in [-0.2, 0) is 4.79 Å². The van der Waals surface area contributed by atoms with E-state index in [0.29, 0.717) is 16.6 Å². The van der Waals surface area contributed by atoms with Gasteiger partial charge < -0.3 is 5.11 Å². The third-order valence-corrected chi connectivity index (χ3v) is 1.89. The fraction of sp³-hybridized carbons (Fsp3) is 0. The lowest BCUT2D eigenvalue weighted by molar-refractivity contribution is 0.480. The number of phenols is 1. The summed E-state index contributed by atoms with van der Waals surface area (Å²) in [6, 6.07) is 6.44. The van der Waals surface area contributed by atoms with Crippen molar-refractivity contribution in [3.63, 3.8) is 0 Å². The molecule has 0 radical (unpaired) electrons. The Labute approximate surface area is 79.5 Å². The summed E-state index contributed by atoms with van der Waals surface area (Å²) in [5.74, 6) is 0.0745. The lowest BCUT2D eigenvalue weighted by Crippen LogP contribution is -1.78. The summed E-state index contributed by atoms with van der Waals surface area (Å²) >= 11 is 0. The molecule has 0 saturated carbocycles. The van der Waals surface area contributed by atoms with E-state index in [-0.39, 0.29) is 5.75 Å². The van der Waals surface area contributed by atoms with E-state index in [4.69, 9.17) is 0 Å². The van der Waals surface area contributed by atoms with Gasteiger partial charge in [0.15, 0.2) is 0 Å². The minimum absolute atomic E-state index is 0.0745. The van der Waals surface area contributed by atoms with Gasteiger partial charge in [-0.1, -0.05) is 0 Å². The van der Waals surface area contributed by atoms with E-state index >= 15 is 0 Å². The van der Waals surface area contributed by atoms with Gasteiger partial charge in [-0.05, 0) is 24.3 Å². The largest absolute Gasteiger partial charge is 0.506 e. The van der Waals surface area contributed by atoms with Crippen LogP contribution in [0.4, 0.5) is 5.69 Å². The molecule has 68 valence electrons. The zero-order valence-corrected chi connectivity index (χ0v) is 7.14. The average molecular weight is 186 g/mol. The summed E-state index contributed by atoms with van der Waals surface area (Å²) in [7, 11) is 0. The van der Waals surface area contributed by atoms with Gasteiger partial charge in [0.2, 0.25) is 6.08 Å². The zero-order chi connectivity index (χ0) is 9.97. The van der Waals surface area contributed by atoms with Gasteiger partial charge in [-0.2, -0.15) is 4.99 Å². The van der Waals surface area contributed by atoms with Crippen molar-refractivity contribution in [2.24, 2.45) is 4.99 Å². The van der Waals surface area contributed by atoms with Crippen LogP contribution in [0.15, 0.2) is 35.5 Å². The number of benzene rings is 1. The van der Waals surface area contributed by atoms with Gasteiger partial charge in [-0.15, -0.1) is 0 Å². The highest BCUT2D eigenvalue weighted by molar-refractivity contribution is 5.94. The lowest BCUT2D eigenvalue weighted by Gasteiger charge is -2.00. The number of hydrogen-bond acceptors (Lipinski definition) is 4. The molecular formula is C10H6N2O2. The van der Waals surface area contributed by atoms with E-state index < -0.39 is 0 Å². The molecule has 4 nitrogen and oxygen atoms in total. The van der Waals surface area contributed by atoms with Crippen molar-refractivity contribution in [3.05, 3.63) is 30.5 Å². The fourth-order valence-electron chi connectivity index (χ4n) is 1.29. The van der Waals surface area contributed by atoms with E-state index in [2.05, 4.69) is 9.98 Å². The highest BCUT2D eigenvalue weighted by Crippen LogP contribution is 2.30. The molecule has 0 amide bonds. The third kappa shape index (κ3) is 1.24. The van der Waals surface area contributed by atoms with E-state index in [9.17, 15) is 9.90 Å². The summed E-state index contributed by atoms with van der Waals surface area (Å²) in [5.41, 5.74) is 0.893. The highest BCUT2D eigenvalue weighted by atomic mass is 16.3. The molecule has 0 saturated heterocycles. The molecule has 0 aliphatic carbocycles. The Morgan fingerprint density at radius 1 is 1.36 bits per heavy atom. The average Bonchev–Trinajstić information content (AvgIpc) is 2.23. The number of isocyanates is 1. The van der Waals surface area contributed by atoms with Crippen molar-refractivity contribution in [3.8, 4) is 5.75 Å². The molecule has 0 bridgehead atoms. The molecule has 0 aliphatic rings. The number of carbonyl (C=O) groups excluding carboxylic acids is 1. The van der Waals surface area contributed by atoms with Crippen LogP contribution in [-0.4, -0.2) is 16.2 Å². The molecule has 4 heteroatoms. The molecule has 1 aromatic heterocycles. The van der Waals surface area contributed by atoms with Crippen LogP contribution < -0.4 is 0 Å². The van der Waals surface area contributed by atoms with Gasteiger partial charge in [0, 0.05) is 11.6 Å². The normalized spacial score (nSPS) is 9.71. The van der Waals surface area contributed by atoms with Crippen molar-refractivity contribution in [2.45, 2.75) is 0 Å². The number of phenolic OH excluding ortho intramolecular Hbond substituents is 1. The summed E-state index contributed by atoms with van der Waals surface area (Å²) in [4.78, 5) is 17.6. The summed E-state index contributed by atoms with van der Waals surface area (Å²) in [5, 5.41) is 10.1. The maximum Gasteiger partial charge on any atom is 0.240 e. The van der Waals surface area contributed by atoms with Crippen molar-refractivity contribution >= 4 is 22.7 Å². The predicted octanol–water partition coefficient (Wildman–Crippen LogP) is 1.91. The maximum absolute atomic E-state index is 10.1. The molecule has 0 fully saturated rings. The van der Waals surface area contributed by atoms with Crippen molar-refractivity contribution in [1.82, 2.24) is 4.98 Å². The monoisotopic (exact) mass is 186 g/mol.